The quantitative estimate of drug-likeness (QED) is 0.573. The molecule has 0 N–H and O–H groups in total. The number of rotatable bonds is 4. The maximum Gasteiger partial charge on any atom is 0.0853 e. The first-order valence-electron chi connectivity index (χ1n) is 4.95. The van der Waals surface area contributed by atoms with Gasteiger partial charge in [0.05, 0.1) is 8.07 Å². The van der Waals surface area contributed by atoms with Crippen molar-refractivity contribution in [3.8, 4) is 0 Å². The summed E-state index contributed by atoms with van der Waals surface area (Å²) in [4.78, 5) is 0. The van der Waals surface area contributed by atoms with Crippen LogP contribution in [-0.4, -0.2) is 8.07 Å². The van der Waals surface area contributed by atoms with Crippen molar-refractivity contribution >= 4 is 8.07 Å². The maximum atomic E-state index is 5.85. The monoisotopic (exact) mass is 183 g/mol. The van der Waals surface area contributed by atoms with Crippen molar-refractivity contribution in [2.24, 2.45) is 0 Å². The Balaban J connectivity index is 4.89. The molecule has 0 heterocycles. The lowest BCUT2D eigenvalue weighted by Crippen LogP contribution is -2.42. The van der Waals surface area contributed by atoms with Crippen LogP contribution in [0.25, 0.3) is 0 Å². The maximum absolute atomic E-state index is 5.85. The average Bonchev–Trinajstić information content (AvgIpc) is 1.86. The predicted molar refractivity (Wildman–Crippen MR) is 59.9 cm³/mol. The van der Waals surface area contributed by atoms with Gasteiger partial charge in [0.1, 0.15) is 0 Å². The zero-order valence-corrected chi connectivity index (χ0v) is 10.4. The van der Waals surface area contributed by atoms with E-state index in [1.54, 1.807) is 0 Å². The van der Waals surface area contributed by atoms with Crippen molar-refractivity contribution in [1.29, 1.82) is 0 Å². The van der Waals surface area contributed by atoms with Crippen LogP contribution in [0.5, 0.6) is 0 Å². The van der Waals surface area contributed by atoms with Crippen LogP contribution in [0.15, 0.2) is 5.70 Å². The molecule has 0 unspecified atom stereocenters. The van der Waals surface area contributed by atoms with Gasteiger partial charge < -0.3 is 0 Å². The summed E-state index contributed by atoms with van der Waals surface area (Å²) in [5.41, 5.74) is 4.31. The van der Waals surface area contributed by atoms with Gasteiger partial charge in [-0.05, 0) is 16.6 Å². The molecule has 0 aromatic rings. The minimum absolute atomic E-state index is 0.752. The van der Waals surface area contributed by atoms with Crippen LogP contribution in [-0.2, 0) is 0 Å². The van der Waals surface area contributed by atoms with E-state index in [0.717, 1.165) is 16.6 Å². The third kappa shape index (κ3) is 1.82. The molecular formula is C11H23Si. The largest absolute Gasteiger partial charge is 0.0935 e. The van der Waals surface area contributed by atoms with E-state index in [4.69, 9.17) is 6.58 Å². The van der Waals surface area contributed by atoms with E-state index in [9.17, 15) is 0 Å². The van der Waals surface area contributed by atoms with Crippen LogP contribution < -0.4 is 0 Å². The van der Waals surface area contributed by atoms with E-state index < -0.39 is 8.07 Å². The topological polar surface area (TPSA) is 0 Å². The molecule has 0 spiro atoms. The molecule has 0 saturated heterocycles. The second-order valence-electron chi connectivity index (χ2n) is 4.63. The molecule has 12 heavy (non-hydrogen) atoms. The van der Waals surface area contributed by atoms with Crippen LogP contribution in [0.1, 0.15) is 41.5 Å². The SMILES string of the molecule is [CH]=C[Si](C(C)C)(C(C)C)C(C)C. The highest BCUT2D eigenvalue weighted by Crippen LogP contribution is 2.41. The zero-order chi connectivity index (χ0) is 9.94. The number of hydrogen-bond acceptors (Lipinski definition) is 0. The molecule has 0 aromatic carbocycles. The molecule has 0 saturated carbocycles. The van der Waals surface area contributed by atoms with Crippen molar-refractivity contribution in [2.45, 2.75) is 58.2 Å². The Bertz CT molecular complexity index is 123. The first-order valence-corrected chi connectivity index (χ1v) is 7.26. The number of hydrogen-bond donors (Lipinski definition) is 0. The van der Waals surface area contributed by atoms with Crippen LogP contribution in [0.4, 0.5) is 0 Å². The third-order valence-electron chi connectivity index (χ3n) is 3.29. The van der Waals surface area contributed by atoms with Gasteiger partial charge in [0, 0.05) is 0 Å². The lowest BCUT2D eigenvalue weighted by molar-refractivity contribution is 0.833. The molecule has 0 aliphatic carbocycles. The van der Waals surface area contributed by atoms with Crippen molar-refractivity contribution in [3.05, 3.63) is 12.3 Å². The molecule has 0 amide bonds. The Morgan fingerprint density at radius 3 is 1.08 bits per heavy atom. The second kappa shape index (κ2) is 4.27. The molecule has 1 heteroatoms. The van der Waals surface area contributed by atoms with E-state index in [1.807, 2.05) is 5.70 Å². The molecular weight excluding hydrogens is 160 g/mol. The normalized spacial score (nSPS) is 13.1. The fourth-order valence-electron chi connectivity index (χ4n) is 2.58. The Labute approximate surface area is 79.1 Å². The first-order chi connectivity index (χ1) is 5.39. The fraction of sp³-hybridized carbons (Fsp3) is 0.818. The summed E-state index contributed by atoms with van der Waals surface area (Å²) in [6, 6.07) is 0. The smallest absolute Gasteiger partial charge is 0.0853 e. The van der Waals surface area contributed by atoms with Crippen LogP contribution in [0, 0.1) is 6.58 Å². The van der Waals surface area contributed by atoms with E-state index in [1.165, 1.54) is 0 Å². The highest BCUT2D eigenvalue weighted by molar-refractivity contribution is 6.87. The highest BCUT2D eigenvalue weighted by Gasteiger charge is 2.39. The Hall–Kier alpha value is -0.0431. The van der Waals surface area contributed by atoms with Gasteiger partial charge in [0.15, 0.2) is 0 Å². The molecule has 0 nitrogen and oxygen atoms in total. The molecule has 71 valence electrons. The summed E-state index contributed by atoms with van der Waals surface area (Å²) < 4.78 is 0. The van der Waals surface area contributed by atoms with Gasteiger partial charge >= 0.3 is 0 Å². The lowest BCUT2D eigenvalue weighted by atomic mass is 10.5. The molecule has 0 rings (SSSR count). The lowest BCUT2D eigenvalue weighted by Gasteiger charge is -2.40. The first kappa shape index (κ1) is 12.0. The van der Waals surface area contributed by atoms with Gasteiger partial charge in [-0.2, -0.15) is 0 Å². The standard InChI is InChI=1S/C11H23Si/c1-8-12(9(2)3,10(4)5)11(6)7/h1,8-11H,2-7H3. The minimum atomic E-state index is -1.35. The average molecular weight is 183 g/mol. The molecule has 1 radical (unpaired) electrons. The summed E-state index contributed by atoms with van der Waals surface area (Å²) in [6.45, 7) is 19.7. The van der Waals surface area contributed by atoms with E-state index in [2.05, 4.69) is 41.5 Å². The minimum Gasteiger partial charge on any atom is -0.0935 e. The van der Waals surface area contributed by atoms with Crippen molar-refractivity contribution in [1.82, 2.24) is 0 Å². The van der Waals surface area contributed by atoms with E-state index >= 15 is 0 Å². The van der Waals surface area contributed by atoms with Crippen molar-refractivity contribution in [2.75, 3.05) is 0 Å². The van der Waals surface area contributed by atoms with Crippen molar-refractivity contribution < 1.29 is 0 Å². The van der Waals surface area contributed by atoms with E-state index in [-0.39, 0.29) is 0 Å². The molecule has 0 fully saturated rings. The molecule has 0 atom stereocenters. The van der Waals surface area contributed by atoms with Gasteiger partial charge in [-0.3, -0.25) is 0 Å². The van der Waals surface area contributed by atoms with Gasteiger partial charge in [-0.25, -0.2) is 0 Å². The Kier molecular flexibility index (Phi) is 4.25. The fourth-order valence-corrected chi connectivity index (χ4v) is 7.73. The van der Waals surface area contributed by atoms with Crippen LogP contribution in [0.3, 0.4) is 0 Å². The van der Waals surface area contributed by atoms with Gasteiger partial charge in [0.2, 0.25) is 0 Å². The van der Waals surface area contributed by atoms with E-state index in [0.29, 0.717) is 0 Å². The zero-order valence-electron chi connectivity index (χ0n) is 9.39. The summed E-state index contributed by atoms with van der Waals surface area (Å²) >= 11 is 0. The van der Waals surface area contributed by atoms with Crippen LogP contribution in [0.2, 0.25) is 16.6 Å². The third-order valence-corrected chi connectivity index (χ3v) is 9.87. The predicted octanol–water partition coefficient (Wildman–Crippen LogP) is 4.19. The molecule has 0 aromatic heterocycles. The van der Waals surface area contributed by atoms with Gasteiger partial charge in [-0.1, -0.05) is 53.8 Å². The summed E-state index contributed by atoms with van der Waals surface area (Å²) in [5, 5.41) is 0. The Morgan fingerprint density at radius 2 is 1.08 bits per heavy atom. The summed E-state index contributed by atoms with van der Waals surface area (Å²) in [6.07, 6.45) is 0. The molecule has 0 bridgehead atoms. The van der Waals surface area contributed by atoms with Crippen molar-refractivity contribution in [3.63, 3.8) is 0 Å². The van der Waals surface area contributed by atoms with Gasteiger partial charge in [0.25, 0.3) is 0 Å². The summed E-state index contributed by atoms with van der Waals surface area (Å²) in [7, 11) is -1.35. The van der Waals surface area contributed by atoms with Crippen LogP contribution >= 0.6 is 0 Å². The summed E-state index contributed by atoms with van der Waals surface area (Å²) in [5.74, 6) is 0. The highest BCUT2D eigenvalue weighted by atomic mass is 28.3. The van der Waals surface area contributed by atoms with Gasteiger partial charge in [-0.15, -0.1) is 0 Å². The molecule has 0 aliphatic heterocycles. The second-order valence-corrected chi connectivity index (χ2v) is 10.4. The Morgan fingerprint density at radius 1 is 0.833 bits per heavy atom. The molecule has 0 aliphatic rings.